The average molecular weight is 280 g/mol. The molecule has 0 heterocycles. The van der Waals surface area contributed by atoms with Crippen molar-refractivity contribution in [2.75, 3.05) is 0 Å². The molecule has 0 aromatic carbocycles. The molecule has 0 aliphatic heterocycles. The SMILES string of the molecule is O.O=C(O)O.O=C(O)O.O=C(O)O.[AlH3].[AlH3].[O]. The number of carboxylic acid groups (broad SMARTS) is 6. The molecule has 0 amide bonds. The van der Waals surface area contributed by atoms with Crippen molar-refractivity contribution < 1.29 is 56.0 Å². The summed E-state index contributed by atoms with van der Waals surface area (Å²) >= 11 is 0. The Hall–Kier alpha value is -1.21. The minimum atomic E-state index is -1.83. The van der Waals surface area contributed by atoms with Crippen LogP contribution in [0.2, 0.25) is 0 Å². The lowest BCUT2D eigenvalue weighted by Crippen LogP contribution is -1.81. The van der Waals surface area contributed by atoms with E-state index in [0.29, 0.717) is 0 Å². The molecule has 11 nitrogen and oxygen atoms in total. The smallest absolute Gasteiger partial charge is 0.450 e. The van der Waals surface area contributed by atoms with E-state index in [1.807, 2.05) is 0 Å². The van der Waals surface area contributed by atoms with Crippen LogP contribution in [0, 0.1) is 0 Å². The van der Waals surface area contributed by atoms with Gasteiger partial charge in [0.05, 0.1) is 0 Å². The summed E-state index contributed by atoms with van der Waals surface area (Å²) in [6.07, 6.45) is -5.50. The molecular weight excluding hydrogens is 266 g/mol. The standard InChI is InChI=1S/3CH2O3.2Al.H2O.O.6H/c3*2-1(3)4;;;;;;;;;;/h3*(H2,2,3,4);;;1H2;;;;;;;. The Morgan fingerprint density at radius 1 is 0.562 bits per heavy atom. The first-order valence-corrected chi connectivity index (χ1v) is 1.95. The Morgan fingerprint density at radius 3 is 0.562 bits per heavy atom. The zero-order valence-electron chi connectivity index (χ0n) is 6.32. The van der Waals surface area contributed by atoms with Crippen molar-refractivity contribution in [1.29, 1.82) is 0 Å². The predicted molar refractivity (Wildman–Crippen MR) is 56.1 cm³/mol. The van der Waals surface area contributed by atoms with Gasteiger partial charge >= 0.3 is 18.5 Å². The largest absolute Gasteiger partial charge is 0.503 e. The highest BCUT2D eigenvalue weighted by Crippen LogP contribution is 1.43. The summed E-state index contributed by atoms with van der Waals surface area (Å²) in [6, 6.07) is 0. The fraction of sp³-hybridized carbons (Fsp3) is 0. The number of hydrogen-bond donors (Lipinski definition) is 6. The van der Waals surface area contributed by atoms with Gasteiger partial charge in [0.2, 0.25) is 0 Å². The Balaban J connectivity index is -0.0000000135. The fourth-order valence-electron chi connectivity index (χ4n) is 0. The third-order valence-electron chi connectivity index (χ3n) is 0. The Morgan fingerprint density at radius 2 is 0.562 bits per heavy atom. The Kier molecular flexibility index (Phi) is 108. The van der Waals surface area contributed by atoms with Gasteiger partial charge in [0, 0.05) is 5.48 Å². The van der Waals surface area contributed by atoms with E-state index in [4.69, 9.17) is 45.0 Å². The number of carbonyl (C=O) groups is 3. The van der Waals surface area contributed by atoms with Crippen molar-refractivity contribution in [3.05, 3.63) is 0 Å². The zero-order chi connectivity index (χ0) is 10.7. The molecule has 0 atom stereocenters. The van der Waals surface area contributed by atoms with Crippen molar-refractivity contribution in [3.63, 3.8) is 0 Å². The van der Waals surface area contributed by atoms with Crippen LogP contribution in [0.4, 0.5) is 14.4 Å². The topological polar surface area (TPSA) is 233 Å². The molecule has 8 N–H and O–H groups in total. The molecule has 16 heavy (non-hydrogen) atoms. The average Bonchev–Trinajstić information content (AvgIpc) is 1.54. The van der Waals surface area contributed by atoms with Gasteiger partial charge in [-0.25, -0.2) is 14.4 Å². The molecule has 0 fully saturated rings. The minimum Gasteiger partial charge on any atom is -0.450 e. The molecule has 0 saturated heterocycles. The lowest BCUT2D eigenvalue weighted by Gasteiger charge is -1.60. The monoisotopic (exact) mass is 280 g/mol. The first kappa shape index (κ1) is 46.3. The molecule has 0 spiro atoms. The van der Waals surface area contributed by atoms with Crippen LogP contribution >= 0.6 is 0 Å². The number of hydrogen-bond acceptors (Lipinski definition) is 3. The van der Waals surface area contributed by atoms with Crippen LogP contribution in [0.5, 0.6) is 0 Å². The molecule has 0 bridgehead atoms. The summed E-state index contributed by atoms with van der Waals surface area (Å²) in [5, 5.41) is 41.8. The van der Waals surface area contributed by atoms with Gasteiger partial charge in [-0.15, -0.1) is 0 Å². The van der Waals surface area contributed by atoms with E-state index < -0.39 is 18.5 Å². The first-order chi connectivity index (χ1) is 5.20. The number of rotatable bonds is 0. The predicted octanol–water partition coefficient (Wildman–Crippen LogP) is -2.64. The van der Waals surface area contributed by atoms with Gasteiger partial charge in [-0.1, -0.05) is 0 Å². The fourth-order valence-corrected chi connectivity index (χ4v) is 0. The van der Waals surface area contributed by atoms with E-state index in [1.54, 1.807) is 0 Å². The highest BCUT2D eigenvalue weighted by atomic mass is 27.0. The van der Waals surface area contributed by atoms with Crippen molar-refractivity contribution in [2.24, 2.45) is 0 Å². The Bertz CT molecular complexity index is 117. The van der Waals surface area contributed by atoms with Gasteiger partial charge in [-0.05, 0) is 0 Å². The van der Waals surface area contributed by atoms with Crippen LogP contribution in [0.25, 0.3) is 0 Å². The van der Waals surface area contributed by atoms with Crippen molar-refractivity contribution >= 4 is 53.2 Å². The van der Waals surface area contributed by atoms with Gasteiger partial charge in [0.1, 0.15) is 0 Å². The van der Waals surface area contributed by atoms with Gasteiger partial charge in [0.25, 0.3) is 0 Å². The summed E-state index contributed by atoms with van der Waals surface area (Å²) in [5.41, 5.74) is 0. The maximum Gasteiger partial charge on any atom is 0.503 e. The highest BCUT2D eigenvalue weighted by molar-refractivity contribution is 5.76. The van der Waals surface area contributed by atoms with E-state index in [9.17, 15) is 0 Å². The molecule has 0 aromatic heterocycles. The van der Waals surface area contributed by atoms with E-state index >= 15 is 0 Å². The second-order valence-corrected chi connectivity index (χ2v) is 0.848. The third-order valence-corrected chi connectivity index (χ3v) is 0. The maximum atomic E-state index is 8.56. The molecule has 0 unspecified atom stereocenters. The molecule has 0 saturated carbocycles. The van der Waals surface area contributed by atoms with Crippen LogP contribution in [0.15, 0.2) is 0 Å². The summed E-state index contributed by atoms with van der Waals surface area (Å²) in [6.45, 7) is 0. The lowest BCUT2D eigenvalue weighted by molar-refractivity contribution is 0.135. The third kappa shape index (κ3) is 1230. The lowest BCUT2D eigenvalue weighted by atomic mass is 11.5. The second kappa shape index (κ2) is 37.2. The molecular formula is C3H14Al2O11. The van der Waals surface area contributed by atoms with Gasteiger partial charge in [-0.2, -0.15) is 0 Å². The van der Waals surface area contributed by atoms with Gasteiger partial charge < -0.3 is 36.1 Å². The summed E-state index contributed by atoms with van der Waals surface area (Å²) < 4.78 is 0. The van der Waals surface area contributed by atoms with Crippen LogP contribution in [0.3, 0.4) is 0 Å². The van der Waals surface area contributed by atoms with E-state index in [0.717, 1.165) is 0 Å². The van der Waals surface area contributed by atoms with Crippen molar-refractivity contribution in [3.8, 4) is 0 Å². The van der Waals surface area contributed by atoms with Gasteiger partial charge in [0.15, 0.2) is 34.7 Å². The molecule has 0 rings (SSSR count). The van der Waals surface area contributed by atoms with E-state index in [2.05, 4.69) is 0 Å². The second-order valence-electron chi connectivity index (χ2n) is 0.848. The van der Waals surface area contributed by atoms with Crippen molar-refractivity contribution in [1.82, 2.24) is 0 Å². The molecule has 0 aliphatic rings. The quantitative estimate of drug-likeness (QED) is 0.254. The summed E-state index contributed by atoms with van der Waals surface area (Å²) in [5.74, 6) is 0. The normalized spacial score (nSPS) is 4.50. The summed E-state index contributed by atoms with van der Waals surface area (Å²) in [7, 11) is 0. The van der Waals surface area contributed by atoms with Crippen LogP contribution in [0.1, 0.15) is 0 Å². The van der Waals surface area contributed by atoms with Crippen LogP contribution in [-0.2, 0) is 5.48 Å². The highest BCUT2D eigenvalue weighted by Gasteiger charge is 1.70. The maximum absolute atomic E-state index is 8.56. The molecule has 0 aliphatic carbocycles. The molecule has 0 aromatic rings. The zero-order valence-corrected chi connectivity index (χ0v) is 6.32. The molecule has 98 valence electrons. The van der Waals surface area contributed by atoms with Crippen LogP contribution in [-0.4, -0.2) is 89.3 Å². The van der Waals surface area contributed by atoms with E-state index in [-0.39, 0.29) is 45.7 Å². The minimum absolute atomic E-state index is 0. The van der Waals surface area contributed by atoms with Gasteiger partial charge in [-0.3, -0.25) is 0 Å². The molecule has 13 heteroatoms. The molecule has 2 radical (unpaired) electrons. The van der Waals surface area contributed by atoms with Crippen molar-refractivity contribution in [2.45, 2.75) is 0 Å². The Labute approximate surface area is 109 Å². The van der Waals surface area contributed by atoms with E-state index in [1.165, 1.54) is 0 Å². The van der Waals surface area contributed by atoms with Crippen LogP contribution < -0.4 is 0 Å². The summed E-state index contributed by atoms with van der Waals surface area (Å²) in [4.78, 5) is 25.7. The first-order valence-electron chi connectivity index (χ1n) is 1.95.